The normalized spacial score (nSPS) is 19.1. The van der Waals surface area contributed by atoms with Gasteiger partial charge in [-0.25, -0.2) is 0 Å². The number of nitrogens with one attached hydrogen (secondary N) is 1. The van der Waals surface area contributed by atoms with E-state index in [1.807, 2.05) is 18.2 Å². The number of fused-ring (bicyclic) bond motifs is 1. The number of ether oxygens (including phenoxy) is 3. The van der Waals surface area contributed by atoms with Crippen molar-refractivity contribution in [3.8, 4) is 23.4 Å². The van der Waals surface area contributed by atoms with Gasteiger partial charge in [0, 0.05) is 5.69 Å². The quantitative estimate of drug-likeness (QED) is 0.791. The first-order chi connectivity index (χ1) is 14.0. The van der Waals surface area contributed by atoms with Crippen LogP contribution < -0.4 is 19.9 Å². The number of hydrogen-bond donors (Lipinski definition) is 2. The van der Waals surface area contributed by atoms with E-state index in [-0.39, 0.29) is 23.8 Å². The van der Waals surface area contributed by atoms with Crippen LogP contribution in [0.5, 0.6) is 17.4 Å². The Morgan fingerprint density at radius 1 is 1.28 bits per heavy atom. The summed E-state index contributed by atoms with van der Waals surface area (Å²) in [5, 5.41) is 17.1. The molecule has 2 aliphatic rings. The van der Waals surface area contributed by atoms with Crippen LogP contribution in [0.25, 0.3) is 0 Å². The number of aromatic amines is 1. The first-order valence-corrected chi connectivity index (χ1v) is 10.0. The van der Waals surface area contributed by atoms with Crippen molar-refractivity contribution >= 4 is 0 Å². The van der Waals surface area contributed by atoms with Gasteiger partial charge in [-0.05, 0) is 49.3 Å². The molecule has 7 heteroatoms. The molecule has 2 aromatic rings. The Labute approximate surface area is 170 Å². The summed E-state index contributed by atoms with van der Waals surface area (Å²) in [6.45, 7) is 4.13. The average molecular weight is 394 g/mol. The van der Waals surface area contributed by atoms with Gasteiger partial charge < -0.3 is 19.9 Å². The van der Waals surface area contributed by atoms with E-state index in [9.17, 15) is 5.26 Å². The first kappa shape index (κ1) is 19.2. The molecular formula is C22H26N4O3. The van der Waals surface area contributed by atoms with Crippen molar-refractivity contribution in [2.24, 2.45) is 5.73 Å². The van der Waals surface area contributed by atoms with Gasteiger partial charge in [-0.2, -0.15) is 5.26 Å². The van der Waals surface area contributed by atoms with Crippen molar-refractivity contribution in [3.05, 3.63) is 46.5 Å². The summed E-state index contributed by atoms with van der Waals surface area (Å²) in [5.74, 6) is 1.67. The highest BCUT2D eigenvalue weighted by Crippen LogP contribution is 2.46. The Morgan fingerprint density at radius 2 is 2.03 bits per heavy atom. The van der Waals surface area contributed by atoms with Crippen LogP contribution in [0.3, 0.4) is 0 Å². The van der Waals surface area contributed by atoms with Crippen LogP contribution in [0.2, 0.25) is 0 Å². The van der Waals surface area contributed by atoms with Gasteiger partial charge in [-0.3, -0.25) is 5.10 Å². The molecule has 7 nitrogen and oxygen atoms in total. The van der Waals surface area contributed by atoms with Gasteiger partial charge in [0.25, 0.3) is 0 Å². The minimum Gasteiger partial charge on any atom is -0.493 e. The second-order valence-corrected chi connectivity index (χ2v) is 7.87. The van der Waals surface area contributed by atoms with Crippen LogP contribution in [0.4, 0.5) is 0 Å². The highest BCUT2D eigenvalue weighted by molar-refractivity contribution is 5.58. The third-order valence-electron chi connectivity index (χ3n) is 5.66. The van der Waals surface area contributed by atoms with Crippen LogP contribution in [-0.2, 0) is 0 Å². The maximum Gasteiger partial charge on any atom is 0.244 e. The van der Waals surface area contributed by atoms with Gasteiger partial charge in [0.15, 0.2) is 11.5 Å². The number of H-pyrrole nitrogens is 1. The lowest BCUT2D eigenvalue weighted by molar-refractivity contribution is 0.200. The van der Waals surface area contributed by atoms with Gasteiger partial charge in [-0.15, -0.1) is 5.10 Å². The Balaban J connectivity index is 1.78. The number of nitrogens with two attached hydrogens (primary N) is 1. The monoisotopic (exact) mass is 394 g/mol. The van der Waals surface area contributed by atoms with Crippen LogP contribution >= 0.6 is 0 Å². The molecule has 1 aromatic heterocycles. The lowest BCUT2D eigenvalue weighted by atomic mass is 9.82. The van der Waals surface area contributed by atoms with E-state index < -0.39 is 0 Å². The maximum atomic E-state index is 9.80. The molecule has 0 saturated heterocycles. The van der Waals surface area contributed by atoms with Crippen molar-refractivity contribution in [2.75, 3.05) is 7.11 Å². The Hall–Kier alpha value is -3.14. The number of allylic oxidation sites excluding steroid dienone is 1. The fourth-order valence-corrected chi connectivity index (χ4v) is 4.19. The molecule has 0 bridgehead atoms. The number of benzene rings is 1. The van der Waals surface area contributed by atoms with E-state index in [1.54, 1.807) is 7.11 Å². The van der Waals surface area contributed by atoms with Crippen molar-refractivity contribution < 1.29 is 14.2 Å². The highest BCUT2D eigenvalue weighted by atomic mass is 16.5. The predicted molar refractivity (Wildman–Crippen MR) is 108 cm³/mol. The van der Waals surface area contributed by atoms with Crippen molar-refractivity contribution in [1.29, 1.82) is 5.26 Å². The largest absolute Gasteiger partial charge is 0.493 e. The lowest BCUT2D eigenvalue weighted by Gasteiger charge is -2.25. The summed E-state index contributed by atoms with van der Waals surface area (Å²) in [6, 6.07) is 8.03. The van der Waals surface area contributed by atoms with Crippen LogP contribution in [0.15, 0.2) is 29.7 Å². The molecule has 1 unspecified atom stereocenters. The van der Waals surface area contributed by atoms with Crippen molar-refractivity contribution in [3.63, 3.8) is 0 Å². The standard InChI is InChI=1S/C22H26N4O3/c1-12(2)20-19-18(15(11-23)21(24)29-22(19)26-25-20)13-8-9-16(17(10-13)27-3)28-14-6-4-5-7-14/h8-10,12,14,18H,4-7,24H2,1-3H3,(H,25,26). The Morgan fingerprint density at radius 3 is 2.69 bits per heavy atom. The third kappa shape index (κ3) is 3.39. The number of nitriles is 1. The Bertz CT molecular complexity index is 980. The second-order valence-electron chi connectivity index (χ2n) is 7.87. The molecule has 1 aliphatic carbocycles. The fraction of sp³-hybridized carbons (Fsp3) is 0.455. The van der Waals surface area contributed by atoms with E-state index in [2.05, 4.69) is 30.1 Å². The Kier molecular flexibility index (Phi) is 5.10. The summed E-state index contributed by atoms with van der Waals surface area (Å²) in [6.07, 6.45) is 4.77. The SMILES string of the molecule is COc1cc(C2C(C#N)=C(N)Oc3n[nH]c(C(C)C)c32)ccc1OC1CCCC1. The molecule has 4 rings (SSSR count). The zero-order valence-corrected chi connectivity index (χ0v) is 17.0. The van der Waals surface area contributed by atoms with E-state index >= 15 is 0 Å². The molecule has 1 aliphatic heterocycles. The predicted octanol–water partition coefficient (Wildman–Crippen LogP) is 4.08. The summed E-state index contributed by atoms with van der Waals surface area (Å²) in [7, 11) is 1.63. The number of aromatic nitrogens is 2. The first-order valence-electron chi connectivity index (χ1n) is 10.0. The van der Waals surface area contributed by atoms with Gasteiger partial charge in [0.2, 0.25) is 11.8 Å². The summed E-state index contributed by atoms with van der Waals surface area (Å²) in [4.78, 5) is 0. The number of hydrogen-bond acceptors (Lipinski definition) is 6. The summed E-state index contributed by atoms with van der Waals surface area (Å²) < 4.78 is 17.4. The molecule has 0 amide bonds. The molecule has 152 valence electrons. The van der Waals surface area contributed by atoms with Crippen molar-refractivity contribution in [2.45, 2.75) is 57.5 Å². The molecule has 1 aromatic carbocycles. The zero-order valence-electron chi connectivity index (χ0n) is 17.0. The summed E-state index contributed by atoms with van der Waals surface area (Å²) in [5.41, 5.74) is 9.07. The second kappa shape index (κ2) is 7.70. The van der Waals surface area contributed by atoms with Gasteiger partial charge in [0.05, 0.1) is 24.7 Å². The zero-order chi connectivity index (χ0) is 20.5. The van der Waals surface area contributed by atoms with Gasteiger partial charge in [0.1, 0.15) is 11.6 Å². The maximum absolute atomic E-state index is 9.80. The van der Waals surface area contributed by atoms with Gasteiger partial charge >= 0.3 is 0 Å². The lowest BCUT2D eigenvalue weighted by Crippen LogP contribution is -2.21. The molecule has 2 heterocycles. The minimum absolute atomic E-state index is 0.0806. The number of methoxy groups -OCH3 is 1. The van der Waals surface area contributed by atoms with Crippen LogP contribution in [0, 0.1) is 11.3 Å². The third-order valence-corrected chi connectivity index (χ3v) is 5.66. The average Bonchev–Trinajstić information content (AvgIpc) is 3.37. The smallest absolute Gasteiger partial charge is 0.244 e. The van der Waals surface area contributed by atoms with Crippen molar-refractivity contribution in [1.82, 2.24) is 10.2 Å². The van der Waals surface area contributed by atoms with Crippen LogP contribution in [0.1, 0.15) is 68.2 Å². The fourth-order valence-electron chi connectivity index (χ4n) is 4.19. The molecular weight excluding hydrogens is 368 g/mol. The van der Waals surface area contributed by atoms with E-state index in [0.29, 0.717) is 17.2 Å². The van der Waals surface area contributed by atoms with Gasteiger partial charge in [-0.1, -0.05) is 19.9 Å². The minimum atomic E-state index is -0.380. The molecule has 0 radical (unpaired) electrons. The summed E-state index contributed by atoms with van der Waals surface area (Å²) >= 11 is 0. The number of nitrogens with zero attached hydrogens (tertiary/aromatic N) is 2. The highest BCUT2D eigenvalue weighted by Gasteiger charge is 2.36. The molecule has 29 heavy (non-hydrogen) atoms. The molecule has 1 fully saturated rings. The molecule has 3 N–H and O–H groups in total. The topological polar surface area (TPSA) is 106 Å². The van der Waals surface area contributed by atoms with E-state index in [4.69, 9.17) is 19.9 Å². The molecule has 0 spiro atoms. The molecule has 1 atom stereocenters. The van der Waals surface area contributed by atoms with Crippen LogP contribution in [-0.4, -0.2) is 23.4 Å². The van der Waals surface area contributed by atoms with E-state index in [1.165, 1.54) is 12.8 Å². The number of rotatable bonds is 5. The van der Waals surface area contributed by atoms with E-state index in [0.717, 1.165) is 35.4 Å². The molecule has 1 saturated carbocycles.